The van der Waals surface area contributed by atoms with Crippen LogP contribution < -0.4 is 15.0 Å². The van der Waals surface area contributed by atoms with E-state index >= 15 is 0 Å². The quantitative estimate of drug-likeness (QED) is 0.559. The molecule has 1 N–H and O–H groups in total. The second-order valence-corrected chi connectivity index (χ2v) is 8.78. The SMILES string of the molecule is CC1CCCN(c2ccc(C(C)NC(=O)C(C)Oc3ccc4ccccc4c3)cc2)C1. The fourth-order valence-electron chi connectivity index (χ4n) is 4.31. The molecule has 0 spiro atoms. The van der Waals surface area contributed by atoms with Crippen LogP contribution in [0.3, 0.4) is 0 Å². The van der Waals surface area contributed by atoms with E-state index < -0.39 is 6.10 Å². The largest absolute Gasteiger partial charge is 0.481 e. The van der Waals surface area contributed by atoms with E-state index in [0.29, 0.717) is 5.75 Å². The molecule has 4 heteroatoms. The monoisotopic (exact) mass is 416 g/mol. The zero-order valence-electron chi connectivity index (χ0n) is 18.7. The molecule has 162 valence electrons. The molecule has 3 atom stereocenters. The van der Waals surface area contributed by atoms with Crippen LogP contribution in [0.15, 0.2) is 66.7 Å². The summed E-state index contributed by atoms with van der Waals surface area (Å²) in [5.74, 6) is 1.33. The lowest BCUT2D eigenvalue weighted by atomic mass is 9.99. The van der Waals surface area contributed by atoms with Gasteiger partial charge in [-0.1, -0.05) is 49.4 Å². The average Bonchev–Trinajstić information content (AvgIpc) is 2.79. The predicted octanol–water partition coefficient (Wildman–Crippen LogP) is 5.72. The Bertz CT molecular complexity index is 1030. The number of amides is 1. The number of carbonyl (C=O) groups is 1. The van der Waals surface area contributed by atoms with Gasteiger partial charge in [-0.05, 0) is 73.2 Å². The highest BCUT2D eigenvalue weighted by atomic mass is 16.5. The van der Waals surface area contributed by atoms with E-state index in [9.17, 15) is 4.79 Å². The standard InChI is InChI=1S/C27H32N2O2/c1-19-7-6-16-29(18-19)25-13-10-22(11-14-25)20(2)28-27(30)21(3)31-26-15-12-23-8-4-5-9-24(23)17-26/h4-5,8-15,17,19-21H,6-7,16,18H2,1-3H3,(H,28,30). The molecule has 1 aliphatic heterocycles. The number of nitrogens with one attached hydrogen (secondary N) is 1. The molecule has 0 aromatic heterocycles. The molecule has 4 nitrogen and oxygen atoms in total. The molecule has 3 unspecified atom stereocenters. The first-order chi connectivity index (χ1) is 15.0. The molecule has 1 fully saturated rings. The third-order valence-corrected chi connectivity index (χ3v) is 6.18. The first-order valence-electron chi connectivity index (χ1n) is 11.3. The predicted molar refractivity (Wildman–Crippen MR) is 128 cm³/mol. The van der Waals surface area contributed by atoms with Crippen LogP contribution >= 0.6 is 0 Å². The Labute approximate surface area is 185 Å². The fourth-order valence-corrected chi connectivity index (χ4v) is 4.31. The van der Waals surface area contributed by atoms with Crippen molar-refractivity contribution in [3.8, 4) is 5.75 Å². The molecule has 1 heterocycles. The van der Waals surface area contributed by atoms with Gasteiger partial charge in [0.25, 0.3) is 5.91 Å². The maximum Gasteiger partial charge on any atom is 0.261 e. The number of piperidine rings is 1. The van der Waals surface area contributed by atoms with E-state index in [1.165, 1.54) is 18.5 Å². The van der Waals surface area contributed by atoms with E-state index in [4.69, 9.17) is 4.74 Å². The van der Waals surface area contributed by atoms with Crippen LogP contribution in [0.1, 0.15) is 45.2 Å². The summed E-state index contributed by atoms with van der Waals surface area (Å²) in [5.41, 5.74) is 2.36. The van der Waals surface area contributed by atoms with Crippen LogP contribution in [0.25, 0.3) is 10.8 Å². The van der Waals surface area contributed by atoms with Gasteiger partial charge in [-0.3, -0.25) is 4.79 Å². The topological polar surface area (TPSA) is 41.6 Å². The Balaban J connectivity index is 1.34. The maximum atomic E-state index is 12.7. The van der Waals surface area contributed by atoms with E-state index in [0.717, 1.165) is 35.3 Å². The Morgan fingerprint density at radius 1 is 1.03 bits per heavy atom. The van der Waals surface area contributed by atoms with Gasteiger partial charge in [-0.2, -0.15) is 0 Å². The molecule has 0 aliphatic carbocycles. The Morgan fingerprint density at radius 2 is 1.77 bits per heavy atom. The normalized spacial score (nSPS) is 18.4. The number of benzene rings is 3. The number of hydrogen-bond donors (Lipinski definition) is 1. The summed E-state index contributed by atoms with van der Waals surface area (Å²) in [5, 5.41) is 5.34. The number of anilines is 1. The molecule has 0 radical (unpaired) electrons. The van der Waals surface area contributed by atoms with Crippen LogP contribution in [0.4, 0.5) is 5.69 Å². The summed E-state index contributed by atoms with van der Waals surface area (Å²) in [4.78, 5) is 15.2. The minimum absolute atomic E-state index is 0.0792. The van der Waals surface area contributed by atoms with Gasteiger partial charge in [0.15, 0.2) is 6.10 Å². The lowest BCUT2D eigenvalue weighted by Crippen LogP contribution is -2.37. The van der Waals surface area contributed by atoms with Crippen molar-refractivity contribution in [2.75, 3.05) is 18.0 Å². The third-order valence-electron chi connectivity index (χ3n) is 6.18. The van der Waals surface area contributed by atoms with Gasteiger partial charge in [0.2, 0.25) is 0 Å². The van der Waals surface area contributed by atoms with Crippen LogP contribution in [0, 0.1) is 5.92 Å². The molecule has 1 aliphatic rings. The summed E-state index contributed by atoms with van der Waals surface area (Å²) in [6, 6.07) is 22.5. The van der Waals surface area contributed by atoms with Crippen LogP contribution in [0.2, 0.25) is 0 Å². The molecule has 1 amide bonds. The van der Waals surface area contributed by atoms with E-state index in [1.54, 1.807) is 6.92 Å². The van der Waals surface area contributed by atoms with Gasteiger partial charge in [-0.25, -0.2) is 0 Å². The summed E-state index contributed by atoms with van der Waals surface area (Å²) < 4.78 is 5.91. The Morgan fingerprint density at radius 3 is 2.52 bits per heavy atom. The minimum atomic E-state index is -0.572. The van der Waals surface area contributed by atoms with Crippen molar-refractivity contribution in [2.24, 2.45) is 5.92 Å². The highest BCUT2D eigenvalue weighted by Crippen LogP contribution is 2.25. The molecule has 4 rings (SSSR count). The number of rotatable bonds is 6. The summed E-state index contributed by atoms with van der Waals surface area (Å²) in [6.45, 7) is 8.37. The van der Waals surface area contributed by atoms with E-state index in [2.05, 4.69) is 47.5 Å². The molecule has 1 saturated heterocycles. The number of hydrogen-bond acceptors (Lipinski definition) is 3. The van der Waals surface area contributed by atoms with Crippen LogP contribution in [0.5, 0.6) is 5.75 Å². The maximum absolute atomic E-state index is 12.7. The number of carbonyl (C=O) groups excluding carboxylic acids is 1. The fraction of sp³-hybridized carbons (Fsp3) is 0.370. The van der Waals surface area contributed by atoms with Crippen molar-refractivity contribution in [3.63, 3.8) is 0 Å². The van der Waals surface area contributed by atoms with E-state index in [-0.39, 0.29) is 11.9 Å². The first kappa shape index (κ1) is 21.2. The summed E-state index contributed by atoms with van der Waals surface area (Å²) in [6.07, 6.45) is 2.00. The number of fused-ring (bicyclic) bond motifs is 1. The van der Waals surface area contributed by atoms with Crippen LogP contribution in [-0.4, -0.2) is 25.1 Å². The highest BCUT2D eigenvalue weighted by Gasteiger charge is 2.19. The average molecular weight is 417 g/mol. The second-order valence-electron chi connectivity index (χ2n) is 8.78. The van der Waals surface area contributed by atoms with Crippen LogP contribution in [-0.2, 0) is 4.79 Å². The molecule has 3 aromatic carbocycles. The molecular weight excluding hydrogens is 384 g/mol. The molecule has 3 aromatic rings. The van der Waals surface area contributed by atoms with Crippen molar-refractivity contribution in [3.05, 3.63) is 72.3 Å². The molecular formula is C27H32N2O2. The van der Waals surface area contributed by atoms with E-state index in [1.807, 2.05) is 43.3 Å². The number of ether oxygens (including phenoxy) is 1. The zero-order chi connectivity index (χ0) is 21.8. The van der Waals surface area contributed by atoms with Gasteiger partial charge < -0.3 is 15.0 Å². The Hall–Kier alpha value is -3.01. The molecule has 31 heavy (non-hydrogen) atoms. The minimum Gasteiger partial charge on any atom is -0.481 e. The highest BCUT2D eigenvalue weighted by molar-refractivity contribution is 5.84. The lowest BCUT2D eigenvalue weighted by molar-refractivity contribution is -0.127. The molecule has 0 saturated carbocycles. The molecule has 0 bridgehead atoms. The zero-order valence-corrected chi connectivity index (χ0v) is 18.7. The van der Waals surface area contributed by atoms with Gasteiger partial charge in [-0.15, -0.1) is 0 Å². The van der Waals surface area contributed by atoms with Gasteiger partial charge >= 0.3 is 0 Å². The van der Waals surface area contributed by atoms with Crippen molar-refractivity contribution in [1.29, 1.82) is 0 Å². The van der Waals surface area contributed by atoms with Gasteiger partial charge in [0, 0.05) is 18.8 Å². The van der Waals surface area contributed by atoms with Crippen molar-refractivity contribution in [2.45, 2.75) is 45.8 Å². The Kier molecular flexibility index (Phi) is 6.45. The third kappa shape index (κ3) is 5.19. The van der Waals surface area contributed by atoms with Gasteiger partial charge in [0.05, 0.1) is 6.04 Å². The summed E-state index contributed by atoms with van der Waals surface area (Å²) in [7, 11) is 0. The summed E-state index contributed by atoms with van der Waals surface area (Å²) >= 11 is 0. The van der Waals surface area contributed by atoms with Gasteiger partial charge in [0.1, 0.15) is 5.75 Å². The first-order valence-corrected chi connectivity index (χ1v) is 11.3. The smallest absolute Gasteiger partial charge is 0.261 e. The van der Waals surface area contributed by atoms with Crippen molar-refractivity contribution in [1.82, 2.24) is 5.32 Å². The lowest BCUT2D eigenvalue weighted by Gasteiger charge is -2.33. The number of nitrogens with zero attached hydrogens (tertiary/aromatic N) is 1. The van der Waals surface area contributed by atoms with Crippen molar-refractivity contribution < 1.29 is 9.53 Å². The second kappa shape index (κ2) is 9.42. The van der Waals surface area contributed by atoms with Crippen molar-refractivity contribution >= 4 is 22.4 Å².